The first kappa shape index (κ1) is 13.9. The predicted octanol–water partition coefficient (Wildman–Crippen LogP) is 0.579. The second kappa shape index (κ2) is 5.18. The summed E-state index contributed by atoms with van der Waals surface area (Å²) in [6.07, 6.45) is 3.37. The third-order valence-corrected chi connectivity index (χ3v) is 5.24. The number of rotatable bonds is 3. The van der Waals surface area contributed by atoms with Crippen molar-refractivity contribution >= 4 is 5.91 Å². The standard InChI is InChI=1S/C15H23FN2O3/c16-15(3-4-15)14(19)18-9-12-13(10-18)21-7-5-17(12)8-11-2-1-6-20-11/h11-13H,1-10H2. The fraction of sp³-hybridized carbons (Fsp3) is 0.933. The maximum absolute atomic E-state index is 14.0. The molecule has 0 bridgehead atoms. The van der Waals surface area contributed by atoms with Crippen molar-refractivity contribution in [1.82, 2.24) is 9.80 Å². The van der Waals surface area contributed by atoms with E-state index in [1.54, 1.807) is 4.90 Å². The van der Waals surface area contributed by atoms with E-state index < -0.39 is 5.67 Å². The van der Waals surface area contributed by atoms with Crippen LogP contribution in [-0.4, -0.2) is 79.0 Å². The quantitative estimate of drug-likeness (QED) is 0.764. The van der Waals surface area contributed by atoms with E-state index in [2.05, 4.69) is 4.90 Å². The summed E-state index contributed by atoms with van der Waals surface area (Å²) in [7, 11) is 0. The lowest BCUT2D eigenvalue weighted by Crippen LogP contribution is -2.52. The van der Waals surface area contributed by atoms with Crippen molar-refractivity contribution in [2.24, 2.45) is 0 Å². The van der Waals surface area contributed by atoms with Gasteiger partial charge in [0.1, 0.15) is 0 Å². The summed E-state index contributed by atoms with van der Waals surface area (Å²) in [5.74, 6) is -0.322. The molecule has 5 nitrogen and oxygen atoms in total. The van der Waals surface area contributed by atoms with E-state index in [1.807, 2.05) is 0 Å². The minimum atomic E-state index is -1.56. The van der Waals surface area contributed by atoms with Gasteiger partial charge in [0, 0.05) is 32.8 Å². The van der Waals surface area contributed by atoms with Crippen molar-refractivity contribution < 1.29 is 18.7 Å². The lowest BCUT2D eigenvalue weighted by atomic mass is 10.1. The molecular weight excluding hydrogens is 275 g/mol. The van der Waals surface area contributed by atoms with Crippen LogP contribution in [0.1, 0.15) is 25.7 Å². The third kappa shape index (κ3) is 2.58. The van der Waals surface area contributed by atoms with Crippen LogP contribution in [0.5, 0.6) is 0 Å². The Balaban J connectivity index is 1.41. The first-order chi connectivity index (χ1) is 10.2. The SMILES string of the molecule is O=C(N1CC2OCCN(CC3CCCO3)C2C1)C1(F)CC1. The zero-order valence-electron chi connectivity index (χ0n) is 12.3. The van der Waals surface area contributed by atoms with Crippen LogP contribution in [0, 0.1) is 0 Å². The van der Waals surface area contributed by atoms with E-state index >= 15 is 0 Å². The molecule has 0 radical (unpaired) electrons. The summed E-state index contributed by atoms with van der Waals surface area (Å²) in [5, 5.41) is 0. The van der Waals surface area contributed by atoms with Gasteiger partial charge in [-0.1, -0.05) is 0 Å². The highest BCUT2D eigenvalue weighted by atomic mass is 19.1. The Bertz CT molecular complexity index is 423. The number of nitrogens with zero attached hydrogens (tertiary/aromatic N) is 2. The maximum Gasteiger partial charge on any atom is 0.260 e. The van der Waals surface area contributed by atoms with Gasteiger partial charge in [-0.2, -0.15) is 0 Å². The highest BCUT2D eigenvalue weighted by Crippen LogP contribution is 2.42. The average Bonchev–Trinajstić information content (AvgIpc) is 2.94. The molecule has 1 aliphatic carbocycles. The Kier molecular flexibility index (Phi) is 3.43. The van der Waals surface area contributed by atoms with Gasteiger partial charge >= 0.3 is 0 Å². The molecule has 0 aromatic carbocycles. The van der Waals surface area contributed by atoms with Gasteiger partial charge in [-0.25, -0.2) is 4.39 Å². The van der Waals surface area contributed by atoms with Gasteiger partial charge < -0.3 is 14.4 Å². The average molecular weight is 298 g/mol. The molecule has 3 aliphatic heterocycles. The first-order valence-electron chi connectivity index (χ1n) is 8.11. The van der Waals surface area contributed by atoms with Crippen LogP contribution in [0.25, 0.3) is 0 Å². The molecule has 0 spiro atoms. The van der Waals surface area contributed by atoms with E-state index in [1.165, 1.54) is 0 Å². The highest BCUT2D eigenvalue weighted by Gasteiger charge is 2.55. The van der Waals surface area contributed by atoms with Gasteiger partial charge in [0.25, 0.3) is 5.91 Å². The molecule has 1 amide bonds. The summed E-state index contributed by atoms with van der Waals surface area (Å²) >= 11 is 0. The molecule has 4 rings (SSSR count). The van der Waals surface area contributed by atoms with E-state index in [-0.39, 0.29) is 18.1 Å². The molecule has 21 heavy (non-hydrogen) atoms. The molecule has 0 aromatic heterocycles. The molecule has 0 N–H and O–H groups in total. The Morgan fingerprint density at radius 2 is 2.10 bits per heavy atom. The van der Waals surface area contributed by atoms with Gasteiger partial charge in [0.2, 0.25) is 0 Å². The van der Waals surface area contributed by atoms with E-state index in [0.717, 1.165) is 32.5 Å². The number of likely N-dealkylation sites (tertiary alicyclic amines) is 1. The topological polar surface area (TPSA) is 42.0 Å². The first-order valence-corrected chi connectivity index (χ1v) is 8.11. The molecule has 4 aliphatic rings. The molecule has 118 valence electrons. The summed E-state index contributed by atoms with van der Waals surface area (Å²) in [6, 6.07) is 0.203. The second-order valence-corrected chi connectivity index (χ2v) is 6.78. The van der Waals surface area contributed by atoms with Crippen molar-refractivity contribution in [3.05, 3.63) is 0 Å². The Morgan fingerprint density at radius 3 is 2.81 bits per heavy atom. The number of morpholine rings is 1. The smallest absolute Gasteiger partial charge is 0.260 e. The molecule has 3 atom stereocenters. The van der Waals surface area contributed by atoms with Crippen LogP contribution < -0.4 is 0 Å². The monoisotopic (exact) mass is 298 g/mol. The number of alkyl halides is 1. The normalized spacial score (nSPS) is 38.5. The van der Waals surface area contributed by atoms with E-state index in [4.69, 9.17) is 9.47 Å². The van der Waals surface area contributed by atoms with Crippen molar-refractivity contribution in [2.45, 2.75) is 49.6 Å². The zero-order chi connectivity index (χ0) is 14.4. The van der Waals surface area contributed by atoms with Gasteiger partial charge in [-0.05, 0) is 25.7 Å². The van der Waals surface area contributed by atoms with Crippen LogP contribution in [0.4, 0.5) is 4.39 Å². The summed E-state index contributed by atoms with van der Waals surface area (Å²) in [6.45, 7) is 4.48. The summed E-state index contributed by atoms with van der Waals surface area (Å²) in [5.41, 5.74) is -1.56. The van der Waals surface area contributed by atoms with Gasteiger partial charge in [-0.3, -0.25) is 9.69 Å². The Hall–Kier alpha value is -0.720. The fourth-order valence-corrected chi connectivity index (χ4v) is 3.81. The van der Waals surface area contributed by atoms with Crippen molar-refractivity contribution in [1.29, 1.82) is 0 Å². The van der Waals surface area contributed by atoms with Crippen LogP contribution in [0.15, 0.2) is 0 Å². The Morgan fingerprint density at radius 1 is 1.24 bits per heavy atom. The molecule has 3 saturated heterocycles. The number of carbonyl (C=O) groups excluding carboxylic acids is 1. The number of amides is 1. The number of ether oxygens (including phenoxy) is 2. The minimum absolute atomic E-state index is 0.0338. The second-order valence-electron chi connectivity index (χ2n) is 6.78. The minimum Gasteiger partial charge on any atom is -0.377 e. The highest BCUT2D eigenvalue weighted by molar-refractivity contribution is 5.88. The summed E-state index contributed by atoms with van der Waals surface area (Å²) < 4.78 is 25.5. The fourth-order valence-electron chi connectivity index (χ4n) is 3.81. The predicted molar refractivity (Wildman–Crippen MR) is 73.7 cm³/mol. The number of hydrogen-bond donors (Lipinski definition) is 0. The number of carbonyl (C=O) groups is 1. The summed E-state index contributed by atoms with van der Waals surface area (Å²) in [4.78, 5) is 16.2. The molecule has 3 unspecified atom stereocenters. The van der Waals surface area contributed by atoms with E-state index in [9.17, 15) is 9.18 Å². The van der Waals surface area contributed by atoms with E-state index in [0.29, 0.717) is 38.6 Å². The van der Waals surface area contributed by atoms with Gasteiger partial charge in [-0.15, -0.1) is 0 Å². The third-order valence-electron chi connectivity index (χ3n) is 5.24. The molecular formula is C15H23FN2O3. The lowest BCUT2D eigenvalue weighted by Gasteiger charge is -2.37. The zero-order valence-corrected chi connectivity index (χ0v) is 12.3. The lowest BCUT2D eigenvalue weighted by molar-refractivity contribution is -0.137. The Labute approximate surface area is 124 Å². The molecule has 1 saturated carbocycles. The van der Waals surface area contributed by atoms with Crippen molar-refractivity contribution in [3.8, 4) is 0 Å². The van der Waals surface area contributed by atoms with Crippen LogP contribution in [0.2, 0.25) is 0 Å². The van der Waals surface area contributed by atoms with Crippen molar-refractivity contribution in [2.75, 3.05) is 39.4 Å². The van der Waals surface area contributed by atoms with Gasteiger partial charge in [0.05, 0.1) is 24.9 Å². The molecule has 3 heterocycles. The maximum atomic E-state index is 14.0. The molecule has 6 heteroatoms. The van der Waals surface area contributed by atoms with Crippen LogP contribution >= 0.6 is 0 Å². The van der Waals surface area contributed by atoms with Crippen LogP contribution in [-0.2, 0) is 14.3 Å². The van der Waals surface area contributed by atoms with Crippen LogP contribution in [0.3, 0.4) is 0 Å². The molecule has 4 fully saturated rings. The number of hydrogen-bond acceptors (Lipinski definition) is 4. The molecule has 0 aromatic rings. The van der Waals surface area contributed by atoms with Gasteiger partial charge in [0.15, 0.2) is 5.67 Å². The number of halogens is 1. The number of fused-ring (bicyclic) bond motifs is 1. The largest absolute Gasteiger partial charge is 0.377 e. The van der Waals surface area contributed by atoms with Crippen molar-refractivity contribution in [3.63, 3.8) is 0 Å².